The minimum Gasteiger partial charge on any atom is -0.481 e. The van der Waals surface area contributed by atoms with Crippen LogP contribution in [0.15, 0.2) is 59.9 Å². The molecule has 1 aliphatic heterocycles. The Morgan fingerprint density at radius 3 is 1.68 bits per heavy atom. The standard InChI is InChI=1S/C66H104N16O19.2C2H4O2/c1-14-34(6)44-58(94)80-45(35(7)84)57(93)72-30-43(85)78-47(50(87)52(67)88)60(96)76-42(31-83)62(98)100-51(37-19-16-15-17-20-37)48(82-55(91)40(28-36-22-25-70-26-23-36)74-56(92)41(29-65(8,9)10)77-64(99)101-66(11,12)13)61(97)81-46(49(86)33(4)5)59(95)75-39(27-32(2)3)54(90)73-38(53(89)79-44)21-18-24-71-63(68)69;2*1-2(3)4/h15-17,19-20,22-23,25-26,32-35,38-42,44-51,83-84,86-87H,14,18,21,24,27-31H2,1-13H3,(H2,67,88)(H,72,93)(H,73,90)(H,74,92)(H,75,95)(H,76,96)(H,77,99)(H,78,85)(H,79,89)(H,80,94)(H,81,97)(H,82,91)(H4,68,69,71);2*1H3,(H,3,4)/t34-,35-,38+,39-,40?,41+,42-,44-,45-,46-,47-,48-,49+,50-,51+;;/m0../s1. The largest absolute Gasteiger partial charge is 0.481 e. The van der Waals surface area contributed by atoms with Crippen molar-refractivity contribution in [1.29, 1.82) is 0 Å². The first-order valence-electron chi connectivity index (χ1n) is 35.1. The number of benzene rings is 1. The number of ether oxygens (including phenoxy) is 2. The topological polar surface area (TPSA) is 632 Å². The molecule has 0 saturated carbocycles. The molecule has 39 heteroatoms. The second kappa shape index (κ2) is 46.5. The van der Waals surface area contributed by atoms with Crippen molar-refractivity contribution in [1.82, 2.24) is 63.5 Å². The van der Waals surface area contributed by atoms with E-state index in [1.165, 1.54) is 68.7 Å². The Morgan fingerprint density at radius 1 is 0.651 bits per heavy atom. The smallest absolute Gasteiger partial charge is 0.408 e. The number of pyridine rings is 1. The summed E-state index contributed by atoms with van der Waals surface area (Å²) in [6.07, 6.45) is -7.14. The lowest BCUT2D eigenvalue weighted by Crippen LogP contribution is -2.64. The first-order valence-corrected chi connectivity index (χ1v) is 35.1. The van der Waals surface area contributed by atoms with E-state index in [-0.39, 0.29) is 56.6 Å². The van der Waals surface area contributed by atoms with Crippen LogP contribution in [0.1, 0.15) is 153 Å². The first kappa shape index (κ1) is 96.3. The van der Waals surface area contributed by atoms with E-state index in [1.54, 1.807) is 69.2 Å². The molecule has 23 N–H and O–H groups in total. The van der Waals surface area contributed by atoms with Crippen molar-refractivity contribution in [2.24, 2.45) is 45.4 Å². The molecule has 109 heavy (non-hydrogen) atoms. The molecule has 2 aromatic rings. The number of esters is 1. The minimum absolute atomic E-state index is 0.0225. The van der Waals surface area contributed by atoms with Crippen molar-refractivity contribution in [3.05, 3.63) is 66.0 Å². The van der Waals surface area contributed by atoms with Crippen molar-refractivity contribution in [2.75, 3.05) is 19.7 Å². The Balaban J connectivity index is 0.00000705. The van der Waals surface area contributed by atoms with Crippen LogP contribution in [0.3, 0.4) is 0 Å². The highest BCUT2D eigenvalue weighted by Gasteiger charge is 2.44. The molecule has 1 aliphatic rings. The molecule has 1 fully saturated rings. The maximum absolute atomic E-state index is 15.7. The van der Waals surface area contributed by atoms with Crippen molar-refractivity contribution in [2.45, 2.75) is 233 Å². The van der Waals surface area contributed by atoms with Gasteiger partial charge < -0.3 is 116 Å². The molecule has 0 radical (unpaired) electrons. The minimum atomic E-state index is -2.61. The summed E-state index contributed by atoms with van der Waals surface area (Å²) >= 11 is 0. The monoisotopic (exact) mass is 1540 g/mol. The van der Waals surface area contributed by atoms with Crippen LogP contribution in [0.4, 0.5) is 4.79 Å². The average Bonchev–Trinajstić information content (AvgIpc) is 0.810. The van der Waals surface area contributed by atoms with Crippen LogP contribution in [-0.2, 0) is 83.0 Å². The molecule has 1 saturated heterocycles. The number of carboxylic acid groups (broad SMARTS) is 2. The highest BCUT2D eigenvalue weighted by molar-refractivity contribution is 6.00. The zero-order valence-corrected chi connectivity index (χ0v) is 64.1. The number of hydrogen-bond acceptors (Lipinski definition) is 23. The number of aromatic nitrogens is 1. The maximum Gasteiger partial charge on any atom is 0.408 e. The number of carboxylic acids is 2. The first-order chi connectivity index (χ1) is 50.5. The van der Waals surface area contributed by atoms with Crippen molar-refractivity contribution >= 4 is 94.9 Å². The molecule has 1 unspecified atom stereocenters. The van der Waals surface area contributed by atoms with Gasteiger partial charge in [0.15, 0.2) is 24.2 Å². The number of aliphatic hydroxyl groups excluding tert-OH is 4. The summed E-state index contributed by atoms with van der Waals surface area (Å²) in [5.41, 5.74) is 15.1. The molecule has 15 atom stereocenters. The van der Waals surface area contributed by atoms with Crippen LogP contribution in [0.5, 0.6) is 0 Å². The highest BCUT2D eigenvalue weighted by atomic mass is 16.6. The number of alkyl carbamates (subject to hydrolysis) is 1. The summed E-state index contributed by atoms with van der Waals surface area (Å²) in [6.45, 7) is 20.4. The molecule has 1 aromatic heterocycles. The van der Waals surface area contributed by atoms with E-state index in [2.05, 4.69) is 57.8 Å². The number of cyclic esters (lactones) is 1. The van der Waals surface area contributed by atoms with Gasteiger partial charge in [-0.2, -0.15) is 0 Å². The molecule has 12 amide bonds. The van der Waals surface area contributed by atoms with Crippen LogP contribution in [0.25, 0.3) is 0 Å². The maximum atomic E-state index is 15.7. The van der Waals surface area contributed by atoms with Gasteiger partial charge in [0, 0.05) is 39.2 Å². The van der Waals surface area contributed by atoms with Crippen LogP contribution >= 0.6 is 0 Å². The number of primary amides is 1. The van der Waals surface area contributed by atoms with Gasteiger partial charge in [-0.15, -0.1) is 0 Å². The summed E-state index contributed by atoms with van der Waals surface area (Å²) in [6, 6.07) is -8.88. The summed E-state index contributed by atoms with van der Waals surface area (Å²) in [5.74, 6) is -19.3. The number of guanidine groups is 1. The molecule has 610 valence electrons. The van der Waals surface area contributed by atoms with E-state index in [1.807, 2.05) is 10.6 Å². The third-order valence-electron chi connectivity index (χ3n) is 15.7. The van der Waals surface area contributed by atoms with E-state index in [0.29, 0.717) is 5.56 Å². The van der Waals surface area contributed by atoms with Gasteiger partial charge in [-0.3, -0.25) is 72.3 Å². The number of carbonyl (C=O) groups is 15. The number of aliphatic hydroxyl groups is 4. The SMILES string of the molecule is CC(=O)O.CC(=O)O.CC[C@H](C)[C@@H]1NC(=O)[C@@H](CCCN=C(N)N)NC(=O)[C@H](CC(C)C)NC(=O)[C@H]([C@H](O)C(C)C)NC(=O)[C@@H](NC(=O)C(Cc2ccncc2)NC(=O)[C@@H](CC(C)(C)C)NC(=O)OC(C)(C)C)[C@@H](c2ccccc2)OC(=O)[C@H](CO)NC(=O)[C@H]([C@H](O)C(N)=O)NC(=O)CNC(=O)[C@H]([C@H](C)O)NC1=O. The van der Waals surface area contributed by atoms with Crippen LogP contribution in [-0.4, -0.2) is 235 Å². The molecule has 0 spiro atoms. The van der Waals surface area contributed by atoms with Gasteiger partial charge in [-0.25, -0.2) is 9.59 Å². The summed E-state index contributed by atoms with van der Waals surface area (Å²) in [7, 11) is 0. The molecular weight excluding hydrogens is 1430 g/mol. The molecule has 0 aliphatic carbocycles. The predicted octanol–water partition coefficient (Wildman–Crippen LogP) is -3.71. The fraction of sp³-hybridized carbons (Fsp3) is 0.614. The number of amides is 12. The zero-order chi connectivity index (χ0) is 83.5. The number of rotatable bonds is 23. The van der Waals surface area contributed by atoms with Gasteiger partial charge in [0.2, 0.25) is 65.0 Å². The van der Waals surface area contributed by atoms with E-state index < -0.39 is 216 Å². The van der Waals surface area contributed by atoms with Crippen LogP contribution in [0, 0.1) is 23.2 Å². The fourth-order valence-corrected chi connectivity index (χ4v) is 10.2. The molecule has 3 rings (SSSR count). The lowest BCUT2D eigenvalue weighted by molar-refractivity contribution is -0.159. The summed E-state index contributed by atoms with van der Waals surface area (Å²) in [5, 5.41) is 86.0. The predicted molar refractivity (Wildman–Crippen MR) is 391 cm³/mol. The van der Waals surface area contributed by atoms with Gasteiger partial charge in [0.25, 0.3) is 11.9 Å². The Hall–Kier alpha value is -10.7. The summed E-state index contributed by atoms with van der Waals surface area (Å²) in [4.78, 5) is 213. The van der Waals surface area contributed by atoms with Gasteiger partial charge in [-0.05, 0) is 99.8 Å². The Morgan fingerprint density at radius 2 is 1.17 bits per heavy atom. The second-order valence-electron chi connectivity index (χ2n) is 28.8. The van der Waals surface area contributed by atoms with Crippen molar-refractivity contribution < 1.29 is 112 Å². The number of aliphatic imine (C=N–C) groups is 1. The zero-order valence-electron chi connectivity index (χ0n) is 64.1. The van der Waals surface area contributed by atoms with Crippen LogP contribution < -0.4 is 75.7 Å². The average molecular weight is 1550 g/mol. The normalized spacial score (nSPS) is 22.1. The quantitative estimate of drug-likeness (QED) is 0.0220. The number of aliphatic carboxylic acids is 2. The van der Waals surface area contributed by atoms with E-state index >= 15 is 14.4 Å². The molecule has 39 nitrogen and oxygen atoms in total. The van der Waals surface area contributed by atoms with E-state index in [9.17, 15) is 68.4 Å². The number of nitrogens with one attached hydrogen (secondary N) is 11. The Labute approximate surface area is 632 Å². The van der Waals surface area contributed by atoms with Crippen molar-refractivity contribution in [3.8, 4) is 0 Å². The molecule has 0 bridgehead atoms. The van der Waals surface area contributed by atoms with Gasteiger partial charge in [0.1, 0.15) is 60.0 Å². The number of nitrogens with two attached hydrogens (primary N) is 3. The van der Waals surface area contributed by atoms with Gasteiger partial charge >= 0.3 is 12.1 Å². The molecule has 1 aromatic carbocycles. The van der Waals surface area contributed by atoms with E-state index in [0.717, 1.165) is 20.8 Å². The second-order valence-corrected chi connectivity index (χ2v) is 28.8. The third-order valence-corrected chi connectivity index (χ3v) is 15.7. The number of carbonyl (C=O) groups excluding carboxylic acids is 13. The van der Waals surface area contributed by atoms with E-state index in [4.69, 9.17) is 46.5 Å². The summed E-state index contributed by atoms with van der Waals surface area (Å²) < 4.78 is 11.5. The molecule has 2 heterocycles. The van der Waals surface area contributed by atoms with Crippen LogP contribution in [0.2, 0.25) is 0 Å². The highest BCUT2D eigenvalue weighted by Crippen LogP contribution is 2.26. The molecular formula is C70H112N16O23. The number of nitrogens with zero attached hydrogens (tertiary/aromatic N) is 2. The lowest BCUT2D eigenvalue weighted by Gasteiger charge is -2.34. The Bertz CT molecular complexity index is 3400. The number of hydrogen-bond donors (Lipinski definition) is 20. The van der Waals surface area contributed by atoms with Gasteiger partial charge in [-0.1, -0.05) is 99.1 Å². The van der Waals surface area contributed by atoms with Crippen molar-refractivity contribution in [3.63, 3.8) is 0 Å². The lowest BCUT2D eigenvalue weighted by atomic mass is 9.87. The van der Waals surface area contributed by atoms with Gasteiger partial charge in [0.05, 0.1) is 25.4 Å². The third kappa shape index (κ3) is 36.7. The Kier molecular flexibility index (Phi) is 41.1. The fourth-order valence-electron chi connectivity index (χ4n) is 10.2.